The predicted molar refractivity (Wildman–Crippen MR) is 85.4 cm³/mol. The van der Waals surface area contributed by atoms with Crippen molar-refractivity contribution in [3.8, 4) is 0 Å². The van der Waals surface area contributed by atoms with Crippen molar-refractivity contribution in [1.29, 1.82) is 0 Å². The molecule has 0 saturated heterocycles. The Morgan fingerprint density at radius 1 is 0.789 bits per heavy atom. The number of hydrogen-bond acceptors (Lipinski definition) is 1. The molecule has 3 aliphatic rings. The van der Waals surface area contributed by atoms with E-state index < -0.39 is 8.32 Å². The molecule has 19 heavy (non-hydrogen) atoms. The number of allylic oxidation sites excluding steroid dienone is 12. The molecule has 3 rings (SSSR count). The summed E-state index contributed by atoms with van der Waals surface area (Å²) >= 11 is 0. The molecule has 0 N–H and O–H groups in total. The van der Waals surface area contributed by atoms with Gasteiger partial charge in [-0.2, -0.15) is 0 Å². The summed E-state index contributed by atoms with van der Waals surface area (Å²) < 4.78 is 6.20. The Bertz CT molecular complexity index is 461. The maximum absolute atomic E-state index is 6.20. The van der Waals surface area contributed by atoms with Crippen LogP contribution < -0.4 is 0 Å². The molecule has 0 heterocycles. The van der Waals surface area contributed by atoms with E-state index in [4.69, 9.17) is 4.43 Å². The Balaban J connectivity index is 0.00000133. The number of rotatable bonds is 4. The molecule has 3 aliphatic carbocycles. The van der Waals surface area contributed by atoms with E-state index in [1.54, 1.807) is 0 Å². The molecule has 0 amide bonds. The van der Waals surface area contributed by atoms with Crippen molar-refractivity contribution in [3.63, 3.8) is 0 Å². The molecule has 0 aliphatic heterocycles. The van der Waals surface area contributed by atoms with Crippen molar-refractivity contribution in [2.45, 2.75) is 19.3 Å². The molecule has 0 aromatic rings. The van der Waals surface area contributed by atoms with Gasteiger partial charge in [0.05, 0.1) is 0 Å². The van der Waals surface area contributed by atoms with Crippen molar-refractivity contribution in [1.82, 2.24) is 0 Å². The van der Waals surface area contributed by atoms with Gasteiger partial charge in [0.25, 0.3) is 8.32 Å². The quantitative estimate of drug-likeness (QED) is 0.718. The van der Waals surface area contributed by atoms with Crippen LogP contribution in [0.3, 0.4) is 0 Å². The molecule has 0 fully saturated rings. The molecule has 3 heteroatoms. The Kier molecular flexibility index (Phi) is 5.04. The topological polar surface area (TPSA) is 9.23 Å². The third kappa shape index (κ3) is 2.48. The minimum atomic E-state index is -2.07. The minimum absolute atomic E-state index is 0. The molecule has 0 spiro atoms. The van der Waals surface area contributed by atoms with E-state index >= 15 is 0 Å². The Labute approximate surface area is 138 Å². The summed E-state index contributed by atoms with van der Waals surface area (Å²) in [5.41, 5.74) is 0. The maximum atomic E-state index is 6.20. The zero-order valence-corrected chi connectivity index (χ0v) is 11.7. The fraction of sp³-hybridized carbons (Fsp3) is 0.250. The summed E-state index contributed by atoms with van der Waals surface area (Å²) in [5, 5.41) is 4.49. The molecule has 0 atom stereocenters. The molecule has 0 radical (unpaired) electrons. The van der Waals surface area contributed by atoms with E-state index in [1.807, 2.05) is 7.11 Å². The molecule has 0 saturated carbocycles. The molecule has 1 nitrogen and oxygen atoms in total. The van der Waals surface area contributed by atoms with Crippen LogP contribution in [-0.2, 0) is 4.43 Å². The standard InChI is InChI=1S/C16H18OSi.Na.H/c1-17-18(14-8-2-3-9-14,15-10-4-5-11-15)16-12-6-7-13-16;;/h2-8,10,12H,9,11,13H2,1H3;;. The van der Waals surface area contributed by atoms with Crippen LogP contribution >= 0.6 is 0 Å². The van der Waals surface area contributed by atoms with Gasteiger partial charge in [-0.3, -0.25) is 0 Å². The van der Waals surface area contributed by atoms with Crippen LogP contribution in [0.5, 0.6) is 0 Å². The molecule has 0 bridgehead atoms. The second-order valence-corrected chi connectivity index (χ2v) is 8.56. The van der Waals surface area contributed by atoms with Crippen LogP contribution in [0.2, 0.25) is 0 Å². The molecular weight excluding hydrogens is 259 g/mol. The van der Waals surface area contributed by atoms with Gasteiger partial charge in [-0.15, -0.1) is 0 Å². The van der Waals surface area contributed by atoms with Crippen LogP contribution in [0.1, 0.15) is 19.3 Å². The Morgan fingerprint density at radius 2 is 1.16 bits per heavy atom. The average molecular weight is 278 g/mol. The van der Waals surface area contributed by atoms with Crippen molar-refractivity contribution in [2.24, 2.45) is 0 Å². The fourth-order valence-corrected chi connectivity index (χ4v) is 7.37. The summed E-state index contributed by atoms with van der Waals surface area (Å²) in [7, 11) is -0.182. The van der Waals surface area contributed by atoms with E-state index in [2.05, 4.69) is 54.7 Å². The molecular formula is C16H19NaOSi. The first-order valence-electron chi connectivity index (χ1n) is 6.51. The fourth-order valence-electron chi connectivity index (χ4n) is 3.14. The molecule has 94 valence electrons. The summed E-state index contributed by atoms with van der Waals surface area (Å²) in [5.74, 6) is 0. The molecule has 0 aromatic heterocycles. The van der Waals surface area contributed by atoms with E-state index in [0.29, 0.717) is 0 Å². The van der Waals surface area contributed by atoms with Crippen molar-refractivity contribution in [2.75, 3.05) is 7.11 Å². The van der Waals surface area contributed by atoms with E-state index in [1.165, 1.54) is 15.6 Å². The normalized spacial score (nSPS) is 20.4. The zero-order valence-electron chi connectivity index (χ0n) is 10.7. The van der Waals surface area contributed by atoms with E-state index in [-0.39, 0.29) is 29.6 Å². The molecule has 0 unspecified atom stereocenters. The Hall–Kier alpha value is -0.383. The molecule has 0 aromatic carbocycles. The van der Waals surface area contributed by atoms with Gasteiger partial charge in [0.1, 0.15) is 0 Å². The third-order valence-corrected chi connectivity index (χ3v) is 8.41. The van der Waals surface area contributed by atoms with Crippen molar-refractivity contribution in [3.05, 3.63) is 70.3 Å². The van der Waals surface area contributed by atoms with Crippen molar-refractivity contribution >= 4 is 37.9 Å². The Morgan fingerprint density at radius 3 is 1.37 bits per heavy atom. The van der Waals surface area contributed by atoms with Gasteiger partial charge in [0, 0.05) is 7.11 Å². The summed E-state index contributed by atoms with van der Waals surface area (Å²) in [6.07, 6.45) is 23.2. The second kappa shape index (κ2) is 6.38. The van der Waals surface area contributed by atoms with Gasteiger partial charge < -0.3 is 4.43 Å². The van der Waals surface area contributed by atoms with Crippen LogP contribution in [0.25, 0.3) is 0 Å². The van der Waals surface area contributed by atoms with Gasteiger partial charge in [0.15, 0.2) is 0 Å². The summed E-state index contributed by atoms with van der Waals surface area (Å²) in [6, 6.07) is 0. The number of hydrogen-bond donors (Lipinski definition) is 0. The van der Waals surface area contributed by atoms with Crippen molar-refractivity contribution < 1.29 is 4.43 Å². The summed E-state index contributed by atoms with van der Waals surface area (Å²) in [4.78, 5) is 0. The van der Waals surface area contributed by atoms with Crippen LogP contribution in [0, 0.1) is 0 Å². The van der Waals surface area contributed by atoms with Crippen LogP contribution in [-0.4, -0.2) is 45.0 Å². The average Bonchev–Trinajstić information content (AvgIpc) is 3.16. The first-order chi connectivity index (χ1) is 8.88. The van der Waals surface area contributed by atoms with E-state index in [9.17, 15) is 0 Å². The van der Waals surface area contributed by atoms with E-state index in [0.717, 1.165) is 19.3 Å². The van der Waals surface area contributed by atoms with Gasteiger partial charge in [-0.05, 0) is 34.9 Å². The van der Waals surface area contributed by atoms with Crippen LogP contribution in [0.15, 0.2) is 70.3 Å². The SMILES string of the molecule is CO[Si](C1=CC=CC1)(C1=CC=CC1)C1=CC=CC1.[NaH]. The van der Waals surface area contributed by atoms with Gasteiger partial charge in [-0.1, -0.05) is 54.7 Å². The summed E-state index contributed by atoms with van der Waals surface area (Å²) in [6.45, 7) is 0. The van der Waals surface area contributed by atoms with Gasteiger partial charge in [0.2, 0.25) is 0 Å². The van der Waals surface area contributed by atoms with Crippen LogP contribution in [0.4, 0.5) is 0 Å². The van der Waals surface area contributed by atoms with Gasteiger partial charge >= 0.3 is 29.6 Å². The first-order valence-corrected chi connectivity index (χ1v) is 8.42. The second-order valence-electron chi connectivity index (χ2n) is 4.86. The third-order valence-electron chi connectivity index (χ3n) is 3.98. The monoisotopic (exact) mass is 278 g/mol. The first kappa shape index (κ1) is 15.0. The van der Waals surface area contributed by atoms with Gasteiger partial charge in [-0.25, -0.2) is 0 Å². The zero-order chi connectivity index (χ0) is 12.4. The predicted octanol–water partition coefficient (Wildman–Crippen LogP) is 3.21.